The van der Waals surface area contributed by atoms with E-state index in [2.05, 4.69) is 54.1 Å². The summed E-state index contributed by atoms with van der Waals surface area (Å²) >= 11 is 0. The molecule has 0 spiro atoms. The average Bonchev–Trinajstić information content (AvgIpc) is 2.93. The van der Waals surface area contributed by atoms with Crippen molar-refractivity contribution in [3.63, 3.8) is 0 Å². The number of hydrogen-bond acceptors (Lipinski definition) is 2. The molecule has 23 heavy (non-hydrogen) atoms. The average molecular weight is 305 g/mol. The summed E-state index contributed by atoms with van der Waals surface area (Å²) < 4.78 is 0. The Bertz CT molecular complexity index is 779. The maximum absolute atomic E-state index is 9.74. The van der Waals surface area contributed by atoms with Gasteiger partial charge in [-0.05, 0) is 52.9 Å². The van der Waals surface area contributed by atoms with Crippen LogP contribution < -0.4 is 0 Å². The minimum absolute atomic E-state index is 0.143. The summed E-state index contributed by atoms with van der Waals surface area (Å²) in [5, 5.41) is 15.4. The van der Waals surface area contributed by atoms with Gasteiger partial charge in [-0.3, -0.25) is 4.90 Å². The number of hydrogen-bond donors (Lipinski definition) is 1. The lowest BCUT2D eigenvalue weighted by atomic mass is 9.87. The number of benzene rings is 3. The van der Waals surface area contributed by atoms with Gasteiger partial charge >= 0.3 is 0 Å². The molecular weight excluding hydrogens is 282 g/mol. The third-order valence-corrected chi connectivity index (χ3v) is 5.73. The van der Waals surface area contributed by atoms with Gasteiger partial charge in [-0.15, -0.1) is 12.3 Å². The van der Waals surface area contributed by atoms with Crippen LogP contribution in [0.25, 0.3) is 21.5 Å². The Labute approximate surface area is 137 Å². The first-order valence-corrected chi connectivity index (χ1v) is 8.59. The van der Waals surface area contributed by atoms with Gasteiger partial charge in [-0.2, -0.15) is 0 Å². The standard InChI is InChI=1S/C11H17NO.C10H6/c1-3-9-4-5-12-7-8(2)11(13)6-10(9)12;1-2-7-4-5-8-6-10(7)9(8)3-1/h1,8-11,13H,4-7H2,2H3;1-6H. The summed E-state index contributed by atoms with van der Waals surface area (Å²) in [6, 6.07) is 13.5. The Morgan fingerprint density at radius 1 is 1.17 bits per heavy atom. The van der Waals surface area contributed by atoms with Crippen LogP contribution in [0, 0.1) is 24.2 Å². The molecule has 0 amide bonds. The van der Waals surface area contributed by atoms with Crippen molar-refractivity contribution in [1.82, 2.24) is 4.90 Å². The summed E-state index contributed by atoms with van der Waals surface area (Å²) in [5.74, 6) is 3.63. The Kier molecular flexibility index (Phi) is 3.64. The van der Waals surface area contributed by atoms with Gasteiger partial charge in [-0.1, -0.05) is 37.3 Å². The van der Waals surface area contributed by atoms with Crippen LogP contribution in [0.4, 0.5) is 0 Å². The molecule has 4 aromatic carbocycles. The van der Waals surface area contributed by atoms with Crippen LogP contribution in [0.5, 0.6) is 0 Å². The lowest BCUT2D eigenvalue weighted by Crippen LogP contribution is -2.46. The van der Waals surface area contributed by atoms with Crippen LogP contribution >= 0.6 is 0 Å². The molecule has 2 aliphatic rings. The zero-order valence-corrected chi connectivity index (χ0v) is 13.6. The summed E-state index contributed by atoms with van der Waals surface area (Å²) in [5.41, 5.74) is 0. The first-order chi connectivity index (χ1) is 11.2. The Balaban J connectivity index is 0.000000121. The lowest BCUT2D eigenvalue weighted by molar-refractivity contribution is 0.0122. The molecule has 1 N–H and O–H groups in total. The monoisotopic (exact) mass is 305 g/mol. The molecular formula is C21H23NO. The molecule has 2 heterocycles. The van der Waals surface area contributed by atoms with Crippen molar-refractivity contribution in [3.8, 4) is 12.3 Å². The van der Waals surface area contributed by atoms with Gasteiger partial charge in [0.25, 0.3) is 0 Å². The van der Waals surface area contributed by atoms with E-state index in [4.69, 9.17) is 6.42 Å². The van der Waals surface area contributed by atoms with Crippen molar-refractivity contribution in [2.24, 2.45) is 11.8 Å². The van der Waals surface area contributed by atoms with Gasteiger partial charge in [0.15, 0.2) is 0 Å². The number of rotatable bonds is 0. The maximum atomic E-state index is 9.74. The number of terminal acetylenes is 1. The molecule has 4 atom stereocenters. The van der Waals surface area contributed by atoms with Crippen molar-refractivity contribution >= 4 is 21.5 Å². The highest BCUT2D eigenvalue weighted by Crippen LogP contribution is 2.33. The van der Waals surface area contributed by atoms with Crippen molar-refractivity contribution in [1.29, 1.82) is 0 Å². The molecule has 0 saturated carbocycles. The molecule has 6 rings (SSSR count). The van der Waals surface area contributed by atoms with Crippen LogP contribution in [0.1, 0.15) is 19.8 Å². The molecule has 0 aliphatic carbocycles. The fourth-order valence-electron chi connectivity index (χ4n) is 4.24. The molecule has 4 unspecified atom stereocenters. The summed E-state index contributed by atoms with van der Waals surface area (Å²) in [6.07, 6.45) is 7.30. The second-order valence-electron chi connectivity index (χ2n) is 7.15. The highest BCUT2D eigenvalue weighted by molar-refractivity contribution is 6.16. The Morgan fingerprint density at radius 2 is 2.00 bits per heavy atom. The first kappa shape index (κ1) is 14.8. The molecule has 2 heteroatoms. The lowest BCUT2D eigenvalue weighted by Gasteiger charge is -2.38. The van der Waals surface area contributed by atoms with Gasteiger partial charge < -0.3 is 5.11 Å². The topological polar surface area (TPSA) is 23.5 Å². The number of fused-ring (bicyclic) bond motifs is 2. The van der Waals surface area contributed by atoms with E-state index >= 15 is 0 Å². The highest BCUT2D eigenvalue weighted by Gasteiger charge is 2.39. The quantitative estimate of drug-likeness (QED) is 0.642. The van der Waals surface area contributed by atoms with Crippen molar-refractivity contribution < 1.29 is 5.11 Å². The minimum atomic E-state index is -0.143. The van der Waals surface area contributed by atoms with Crippen molar-refractivity contribution in [2.45, 2.75) is 31.9 Å². The second-order valence-corrected chi connectivity index (χ2v) is 7.15. The minimum Gasteiger partial charge on any atom is -0.393 e. The van der Waals surface area contributed by atoms with E-state index in [1.54, 1.807) is 0 Å². The van der Waals surface area contributed by atoms with E-state index < -0.39 is 0 Å². The fourth-order valence-corrected chi connectivity index (χ4v) is 4.24. The zero-order chi connectivity index (χ0) is 16.0. The SMILES string of the molecule is C#CC1CCN2CC(C)C(O)CC12.c1cc2ccc3cc2c3c1. The smallest absolute Gasteiger partial charge is 0.0593 e. The molecule has 4 bridgehead atoms. The zero-order valence-electron chi connectivity index (χ0n) is 13.6. The summed E-state index contributed by atoms with van der Waals surface area (Å²) in [4.78, 5) is 2.45. The van der Waals surface area contributed by atoms with Crippen LogP contribution in [-0.2, 0) is 0 Å². The third-order valence-electron chi connectivity index (χ3n) is 5.73. The van der Waals surface area contributed by atoms with Crippen molar-refractivity contribution in [2.75, 3.05) is 13.1 Å². The van der Waals surface area contributed by atoms with Crippen molar-refractivity contribution in [3.05, 3.63) is 36.4 Å². The van der Waals surface area contributed by atoms with Gasteiger partial charge in [0.05, 0.1) is 6.10 Å². The highest BCUT2D eigenvalue weighted by atomic mass is 16.3. The second kappa shape index (κ2) is 5.67. The molecule has 4 aromatic rings. The largest absolute Gasteiger partial charge is 0.393 e. The summed E-state index contributed by atoms with van der Waals surface area (Å²) in [7, 11) is 0. The third kappa shape index (κ3) is 2.45. The molecule has 0 aromatic heterocycles. The molecule has 2 aliphatic heterocycles. The molecule has 2 nitrogen and oxygen atoms in total. The van der Waals surface area contributed by atoms with E-state index in [1.807, 2.05) is 0 Å². The Hall–Kier alpha value is -1.82. The van der Waals surface area contributed by atoms with Crippen LogP contribution in [0.3, 0.4) is 0 Å². The van der Waals surface area contributed by atoms with Crippen LogP contribution in [-0.4, -0.2) is 35.2 Å². The van der Waals surface area contributed by atoms with Gasteiger partial charge in [0.2, 0.25) is 0 Å². The maximum Gasteiger partial charge on any atom is 0.0593 e. The van der Waals surface area contributed by atoms with E-state index in [0.29, 0.717) is 17.9 Å². The number of piperidine rings is 1. The van der Waals surface area contributed by atoms with E-state index in [-0.39, 0.29) is 6.10 Å². The fraction of sp³-hybridized carbons (Fsp3) is 0.429. The molecule has 2 saturated heterocycles. The Morgan fingerprint density at radius 3 is 2.70 bits per heavy atom. The van der Waals surface area contributed by atoms with E-state index in [0.717, 1.165) is 25.9 Å². The number of aliphatic hydroxyl groups excluding tert-OH is 1. The molecule has 118 valence electrons. The molecule has 2 fully saturated rings. The van der Waals surface area contributed by atoms with Crippen LogP contribution in [0.15, 0.2) is 36.4 Å². The number of nitrogens with zero attached hydrogens (tertiary/aromatic N) is 1. The normalized spacial score (nSPS) is 31.0. The van der Waals surface area contributed by atoms with Gasteiger partial charge in [0, 0.05) is 18.5 Å². The first-order valence-electron chi connectivity index (χ1n) is 8.59. The van der Waals surface area contributed by atoms with E-state index in [1.165, 1.54) is 21.5 Å². The van der Waals surface area contributed by atoms with Gasteiger partial charge in [-0.25, -0.2) is 0 Å². The van der Waals surface area contributed by atoms with Crippen LogP contribution in [0.2, 0.25) is 0 Å². The summed E-state index contributed by atoms with van der Waals surface area (Å²) in [6.45, 7) is 4.25. The predicted octanol–water partition coefficient (Wildman–Crippen LogP) is 3.58. The molecule has 0 radical (unpaired) electrons. The predicted molar refractivity (Wildman–Crippen MR) is 95.9 cm³/mol. The van der Waals surface area contributed by atoms with Gasteiger partial charge in [0.1, 0.15) is 0 Å². The number of aliphatic hydroxyl groups is 1. The van der Waals surface area contributed by atoms with E-state index in [9.17, 15) is 5.11 Å².